The molecule has 0 atom stereocenters. The third-order valence-electron chi connectivity index (χ3n) is 3.67. The average Bonchev–Trinajstić information content (AvgIpc) is 3.20. The Bertz CT molecular complexity index is 1040. The lowest BCUT2D eigenvalue weighted by Gasteiger charge is -2.08. The van der Waals surface area contributed by atoms with Crippen LogP contribution in [-0.4, -0.2) is 37.2 Å². The van der Waals surface area contributed by atoms with Crippen molar-refractivity contribution in [2.45, 2.75) is 6.54 Å². The molecule has 4 rings (SSSR count). The Morgan fingerprint density at radius 2 is 2.08 bits per heavy atom. The van der Waals surface area contributed by atoms with Gasteiger partial charge >= 0.3 is 0 Å². The number of imidazole rings is 1. The Morgan fingerprint density at radius 3 is 2.76 bits per heavy atom. The summed E-state index contributed by atoms with van der Waals surface area (Å²) in [4.78, 5) is 4.41. The topological polar surface area (TPSA) is 118 Å². The Hall–Kier alpha value is -3.56. The minimum atomic E-state index is -0.423. The highest BCUT2D eigenvalue weighted by Gasteiger charge is 2.21. The van der Waals surface area contributed by atoms with Gasteiger partial charge in [0.15, 0.2) is 17.3 Å². The molecule has 2 N–H and O–H groups in total. The number of fused-ring (bicyclic) bond motifs is 1. The molecule has 0 aliphatic heterocycles. The van der Waals surface area contributed by atoms with Crippen molar-refractivity contribution in [3.8, 4) is 17.4 Å². The van der Waals surface area contributed by atoms with E-state index in [1.165, 1.54) is 13.2 Å². The van der Waals surface area contributed by atoms with Crippen molar-refractivity contribution in [2.75, 3.05) is 12.8 Å². The van der Waals surface area contributed by atoms with Crippen LogP contribution >= 0.6 is 0 Å². The van der Waals surface area contributed by atoms with E-state index in [1.807, 2.05) is 0 Å². The van der Waals surface area contributed by atoms with E-state index in [4.69, 9.17) is 10.5 Å². The third-order valence-corrected chi connectivity index (χ3v) is 3.67. The van der Waals surface area contributed by atoms with Gasteiger partial charge in [-0.1, -0.05) is 6.07 Å². The molecule has 0 saturated carbocycles. The number of rotatable bonds is 4. The number of hydrogen-bond donors (Lipinski definition) is 1. The second-order valence-corrected chi connectivity index (χ2v) is 5.19. The number of nitrogen functional groups attached to an aromatic ring is 1. The maximum atomic E-state index is 14.4. The summed E-state index contributed by atoms with van der Waals surface area (Å²) in [6, 6.07) is 8.03. The lowest BCUT2D eigenvalue weighted by Crippen LogP contribution is -2.07. The van der Waals surface area contributed by atoms with Gasteiger partial charge in [-0.2, -0.15) is 0 Å². The molecule has 0 bridgehead atoms. The van der Waals surface area contributed by atoms with Crippen molar-refractivity contribution in [2.24, 2.45) is 0 Å². The fraction of sp³-hybridized carbons (Fsp3) is 0.133. The van der Waals surface area contributed by atoms with Crippen LogP contribution in [0.1, 0.15) is 5.69 Å². The minimum Gasteiger partial charge on any atom is -0.480 e. The maximum Gasteiger partial charge on any atom is 0.233 e. The largest absolute Gasteiger partial charge is 0.480 e. The van der Waals surface area contributed by atoms with Crippen molar-refractivity contribution in [3.05, 3.63) is 41.8 Å². The number of nitrogens with zero attached hydrogens (tertiary/aromatic N) is 6. The molecular weight excluding hydrogens is 329 g/mol. The van der Waals surface area contributed by atoms with Crippen LogP contribution in [0.4, 0.5) is 10.2 Å². The number of aromatic nitrogens is 6. The van der Waals surface area contributed by atoms with Crippen LogP contribution in [0.5, 0.6) is 5.88 Å². The second-order valence-electron chi connectivity index (χ2n) is 5.19. The fourth-order valence-corrected chi connectivity index (χ4v) is 2.53. The predicted octanol–water partition coefficient (Wildman–Crippen LogP) is 1.65. The van der Waals surface area contributed by atoms with E-state index in [1.54, 1.807) is 28.8 Å². The molecule has 3 aromatic heterocycles. The minimum absolute atomic E-state index is 0.0674. The Balaban J connectivity index is 1.89. The van der Waals surface area contributed by atoms with E-state index in [0.717, 1.165) is 0 Å². The van der Waals surface area contributed by atoms with Gasteiger partial charge in [-0.15, -0.1) is 10.2 Å². The average molecular weight is 341 g/mol. The standard InChI is InChI=1S/C15H12FN7O2/c1-24-11-6-5-8(19-20-11)7-23-13-9(16)3-2-4-10(13)18-15(23)12-14(17)22-25-21-12/h2-6H,7H2,1H3,(H2,17,22). The van der Waals surface area contributed by atoms with Crippen LogP contribution in [0.3, 0.4) is 0 Å². The maximum absolute atomic E-state index is 14.4. The summed E-state index contributed by atoms with van der Waals surface area (Å²) < 4.78 is 25.7. The van der Waals surface area contributed by atoms with Crippen molar-refractivity contribution in [1.29, 1.82) is 0 Å². The van der Waals surface area contributed by atoms with Gasteiger partial charge in [0, 0.05) is 6.07 Å². The SMILES string of the molecule is COc1ccc(Cn2c(-c3nonc3N)nc3cccc(F)c32)nn1. The molecule has 0 aliphatic carbocycles. The summed E-state index contributed by atoms with van der Waals surface area (Å²) in [5.41, 5.74) is 7.35. The third kappa shape index (κ3) is 2.53. The first-order chi connectivity index (χ1) is 12.2. The van der Waals surface area contributed by atoms with E-state index < -0.39 is 5.82 Å². The van der Waals surface area contributed by atoms with Crippen LogP contribution < -0.4 is 10.5 Å². The zero-order valence-electron chi connectivity index (χ0n) is 13.0. The molecule has 0 spiro atoms. The van der Waals surface area contributed by atoms with E-state index in [0.29, 0.717) is 28.4 Å². The fourth-order valence-electron chi connectivity index (χ4n) is 2.53. The van der Waals surface area contributed by atoms with Crippen LogP contribution in [0.25, 0.3) is 22.6 Å². The van der Waals surface area contributed by atoms with Crippen molar-refractivity contribution >= 4 is 16.9 Å². The second kappa shape index (κ2) is 5.82. The van der Waals surface area contributed by atoms with Gasteiger partial charge in [0.25, 0.3) is 0 Å². The first kappa shape index (κ1) is 15.0. The number of hydrogen-bond acceptors (Lipinski definition) is 8. The number of halogens is 1. The molecule has 1 aromatic carbocycles. The van der Waals surface area contributed by atoms with Gasteiger partial charge in [-0.05, 0) is 28.5 Å². The number of ether oxygens (including phenoxy) is 1. The highest BCUT2D eigenvalue weighted by Crippen LogP contribution is 2.28. The van der Waals surface area contributed by atoms with E-state index in [2.05, 4.69) is 30.1 Å². The number of para-hydroxylation sites is 1. The summed E-state index contributed by atoms with van der Waals surface area (Å²) in [6.45, 7) is 0.204. The first-order valence-corrected chi connectivity index (χ1v) is 7.27. The van der Waals surface area contributed by atoms with Gasteiger partial charge in [-0.25, -0.2) is 14.0 Å². The molecule has 4 aromatic rings. The number of methoxy groups -OCH3 is 1. The Labute approximate surface area is 140 Å². The van der Waals surface area contributed by atoms with Gasteiger partial charge in [0.1, 0.15) is 11.3 Å². The molecule has 0 saturated heterocycles. The molecule has 0 radical (unpaired) electrons. The number of anilines is 1. The monoisotopic (exact) mass is 341 g/mol. The van der Waals surface area contributed by atoms with Crippen LogP contribution in [0, 0.1) is 5.82 Å². The summed E-state index contributed by atoms with van der Waals surface area (Å²) in [5, 5.41) is 15.3. The zero-order chi connectivity index (χ0) is 17.4. The van der Waals surface area contributed by atoms with Gasteiger partial charge in [0.2, 0.25) is 5.88 Å². The summed E-state index contributed by atoms with van der Waals surface area (Å²) in [6.07, 6.45) is 0. The molecular formula is C15H12FN7O2. The van der Waals surface area contributed by atoms with Gasteiger partial charge in [-0.3, -0.25) is 0 Å². The summed E-state index contributed by atoms with van der Waals surface area (Å²) in [5.74, 6) is 0.359. The van der Waals surface area contributed by atoms with E-state index in [-0.39, 0.29) is 18.1 Å². The summed E-state index contributed by atoms with van der Waals surface area (Å²) in [7, 11) is 1.50. The predicted molar refractivity (Wildman–Crippen MR) is 85.1 cm³/mol. The zero-order valence-corrected chi connectivity index (χ0v) is 13.0. The highest BCUT2D eigenvalue weighted by molar-refractivity contribution is 5.82. The molecule has 0 unspecified atom stereocenters. The van der Waals surface area contributed by atoms with E-state index >= 15 is 0 Å². The molecule has 0 fully saturated rings. The molecule has 10 heteroatoms. The van der Waals surface area contributed by atoms with Crippen LogP contribution in [0.2, 0.25) is 0 Å². The molecule has 0 aliphatic rings. The normalized spacial score (nSPS) is 11.1. The summed E-state index contributed by atoms with van der Waals surface area (Å²) >= 11 is 0. The molecule has 0 amide bonds. The van der Waals surface area contributed by atoms with Crippen LogP contribution in [0.15, 0.2) is 35.0 Å². The Morgan fingerprint density at radius 1 is 1.20 bits per heavy atom. The molecule has 9 nitrogen and oxygen atoms in total. The molecule has 25 heavy (non-hydrogen) atoms. The van der Waals surface area contributed by atoms with E-state index in [9.17, 15) is 4.39 Å². The van der Waals surface area contributed by atoms with Crippen molar-refractivity contribution < 1.29 is 13.8 Å². The molecule has 3 heterocycles. The highest BCUT2D eigenvalue weighted by atomic mass is 19.1. The number of benzene rings is 1. The lowest BCUT2D eigenvalue weighted by molar-refractivity contribution is 0.310. The van der Waals surface area contributed by atoms with Crippen LogP contribution in [-0.2, 0) is 6.54 Å². The number of nitrogens with two attached hydrogens (primary N) is 1. The van der Waals surface area contributed by atoms with Crippen molar-refractivity contribution in [1.82, 2.24) is 30.1 Å². The van der Waals surface area contributed by atoms with Gasteiger partial charge in [0.05, 0.1) is 24.9 Å². The first-order valence-electron chi connectivity index (χ1n) is 7.27. The Kier molecular flexibility index (Phi) is 3.49. The lowest BCUT2D eigenvalue weighted by atomic mass is 10.3. The quantitative estimate of drug-likeness (QED) is 0.595. The van der Waals surface area contributed by atoms with Crippen molar-refractivity contribution in [3.63, 3.8) is 0 Å². The smallest absolute Gasteiger partial charge is 0.233 e. The molecule has 126 valence electrons. The van der Waals surface area contributed by atoms with Gasteiger partial charge < -0.3 is 15.0 Å².